The Labute approximate surface area is 106 Å². The topological polar surface area (TPSA) is 69.4 Å². The maximum absolute atomic E-state index is 11.0. The molecule has 2 rings (SSSR count). The van der Waals surface area contributed by atoms with Crippen molar-refractivity contribution in [2.24, 2.45) is 0 Å². The molecule has 0 amide bonds. The monoisotopic (exact) mass is 265 g/mol. The van der Waals surface area contributed by atoms with Crippen LogP contribution in [0.2, 0.25) is 0 Å². The Balaban J connectivity index is 2.26. The first-order valence-electron chi connectivity index (χ1n) is 5.55. The molecule has 0 aromatic heterocycles. The fraction of sp³-hybridized carbons (Fsp3) is 0.231. The molecule has 0 fully saturated rings. The summed E-state index contributed by atoms with van der Waals surface area (Å²) in [5.74, 6) is 0.662. The largest absolute Gasteiger partial charge is 0.492 e. The zero-order valence-electron chi connectivity index (χ0n) is 10.1. The molecule has 4 nitrogen and oxygen atoms in total. The number of sulfone groups is 1. The van der Waals surface area contributed by atoms with Gasteiger partial charge >= 0.3 is 0 Å². The van der Waals surface area contributed by atoms with Gasteiger partial charge in [-0.25, -0.2) is 8.42 Å². The molecule has 0 aliphatic carbocycles. The second-order valence-corrected chi connectivity index (χ2v) is 6.44. The first kappa shape index (κ1) is 12.7. The van der Waals surface area contributed by atoms with Gasteiger partial charge in [0.25, 0.3) is 0 Å². The van der Waals surface area contributed by atoms with E-state index in [1.807, 2.05) is 24.3 Å². The molecule has 0 radical (unpaired) electrons. The van der Waals surface area contributed by atoms with E-state index in [9.17, 15) is 8.42 Å². The zero-order chi connectivity index (χ0) is 13.2. The number of nitrogen functional groups attached to an aromatic ring is 1. The molecule has 5 heteroatoms. The van der Waals surface area contributed by atoms with Crippen molar-refractivity contribution in [2.75, 3.05) is 24.3 Å². The Kier molecular flexibility index (Phi) is 3.43. The minimum Gasteiger partial charge on any atom is -0.492 e. The number of hydrogen-bond donors (Lipinski definition) is 1. The number of anilines is 1. The van der Waals surface area contributed by atoms with Gasteiger partial charge in [0.05, 0.1) is 5.75 Å². The molecular weight excluding hydrogens is 250 g/mol. The molecule has 0 saturated carbocycles. The van der Waals surface area contributed by atoms with Crippen LogP contribution in [-0.4, -0.2) is 27.0 Å². The normalized spacial score (nSPS) is 11.6. The van der Waals surface area contributed by atoms with Crippen LogP contribution in [0.3, 0.4) is 0 Å². The van der Waals surface area contributed by atoms with Gasteiger partial charge in [-0.05, 0) is 12.1 Å². The van der Waals surface area contributed by atoms with Gasteiger partial charge < -0.3 is 10.5 Å². The highest BCUT2D eigenvalue weighted by Gasteiger charge is 2.06. The van der Waals surface area contributed by atoms with Crippen LogP contribution in [0.25, 0.3) is 10.8 Å². The van der Waals surface area contributed by atoms with Gasteiger partial charge in [-0.2, -0.15) is 0 Å². The summed E-state index contributed by atoms with van der Waals surface area (Å²) in [4.78, 5) is 0. The third-order valence-corrected chi connectivity index (χ3v) is 3.54. The lowest BCUT2D eigenvalue weighted by Crippen LogP contribution is -2.12. The number of benzene rings is 2. The molecule has 18 heavy (non-hydrogen) atoms. The minimum absolute atomic E-state index is 0.00566. The van der Waals surface area contributed by atoms with Crippen molar-refractivity contribution in [1.29, 1.82) is 0 Å². The number of hydrogen-bond acceptors (Lipinski definition) is 4. The summed E-state index contributed by atoms with van der Waals surface area (Å²) >= 11 is 0. The molecule has 2 aromatic carbocycles. The van der Waals surface area contributed by atoms with Crippen LogP contribution in [-0.2, 0) is 9.84 Å². The van der Waals surface area contributed by atoms with Crippen LogP contribution >= 0.6 is 0 Å². The van der Waals surface area contributed by atoms with E-state index in [2.05, 4.69) is 0 Å². The van der Waals surface area contributed by atoms with Gasteiger partial charge in [-0.15, -0.1) is 0 Å². The standard InChI is InChI=1S/C13H15NO3S/c1-18(15,16)9-8-17-13-7-6-12(14)10-4-2-3-5-11(10)13/h2-7H,8-9,14H2,1H3. The van der Waals surface area contributed by atoms with E-state index in [1.165, 1.54) is 6.26 Å². The van der Waals surface area contributed by atoms with Crippen LogP contribution in [0.5, 0.6) is 5.75 Å². The van der Waals surface area contributed by atoms with Crippen molar-refractivity contribution in [3.63, 3.8) is 0 Å². The molecule has 0 heterocycles. The molecule has 0 unspecified atom stereocenters. The average Bonchev–Trinajstić information content (AvgIpc) is 2.31. The predicted molar refractivity (Wildman–Crippen MR) is 73.6 cm³/mol. The lowest BCUT2D eigenvalue weighted by atomic mass is 10.1. The van der Waals surface area contributed by atoms with E-state index in [0.29, 0.717) is 11.4 Å². The maximum Gasteiger partial charge on any atom is 0.150 e. The van der Waals surface area contributed by atoms with Gasteiger partial charge in [0.2, 0.25) is 0 Å². The van der Waals surface area contributed by atoms with Crippen LogP contribution in [0.4, 0.5) is 5.69 Å². The lowest BCUT2D eigenvalue weighted by Gasteiger charge is -2.10. The fourth-order valence-corrected chi connectivity index (χ4v) is 2.11. The van der Waals surface area contributed by atoms with Gasteiger partial charge in [-0.1, -0.05) is 24.3 Å². The average molecular weight is 265 g/mol. The summed E-state index contributed by atoms with van der Waals surface area (Å²) in [5.41, 5.74) is 6.55. The van der Waals surface area contributed by atoms with Crippen LogP contribution < -0.4 is 10.5 Å². The molecule has 0 bridgehead atoms. The van der Waals surface area contributed by atoms with E-state index in [4.69, 9.17) is 10.5 Å². The molecule has 0 atom stereocenters. The first-order valence-corrected chi connectivity index (χ1v) is 7.61. The number of fused-ring (bicyclic) bond motifs is 1. The van der Waals surface area contributed by atoms with Gasteiger partial charge in [-0.3, -0.25) is 0 Å². The van der Waals surface area contributed by atoms with E-state index in [1.54, 1.807) is 12.1 Å². The second kappa shape index (κ2) is 4.86. The zero-order valence-corrected chi connectivity index (χ0v) is 10.9. The number of nitrogens with two attached hydrogens (primary N) is 1. The van der Waals surface area contributed by atoms with Crippen molar-refractivity contribution in [3.05, 3.63) is 36.4 Å². The Morgan fingerprint density at radius 1 is 1.11 bits per heavy atom. The minimum atomic E-state index is -3.01. The van der Waals surface area contributed by atoms with Crippen molar-refractivity contribution in [2.45, 2.75) is 0 Å². The van der Waals surface area contributed by atoms with E-state index >= 15 is 0 Å². The van der Waals surface area contributed by atoms with Crippen LogP contribution in [0.15, 0.2) is 36.4 Å². The molecule has 0 aliphatic rings. The molecule has 0 aliphatic heterocycles. The third-order valence-electron chi connectivity index (χ3n) is 2.63. The summed E-state index contributed by atoms with van der Waals surface area (Å²) in [5, 5.41) is 1.81. The van der Waals surface area contributed by atoms with Gasteiger partial charge in [0, 0.05) is 22.7 Å². The van der Waals surface area contributed by atoms with Gasteiger partial charge in [0.15, 0.2) is 9.84 Å². The molecule has 96 valence electrons. The van der Waals surface area contributed by atoms with Crippen LogP contribution in [0.1, 0.15) is 0 Å². The first-order chi connectivity index (χ1) is 8.47. The van der Waals surface area contributed by atoms with Crippen molar-refractivity contribution in [3.8, 4) is 5.75 Å². The number of ether oxygens (including phenoxy) is 1. The third kappa shape index (κ3) is 2.92. The molecular formula is C13H15NO3S. The number of rotatable bonds is 4. The van der Waals surface area contributed by atoms with Crippen molar-refractivity contribution >= 4 is 26.3 Å². The SMILES string of the molecule is CS(=O)(=O)CCOc1ccc(N)c2ccccc12. The second-order valence-electron chi connectivity index (χ2n) is 4.18. The molecule has 2 N–H and O–H groups in total. The highest BCUT2D eigenvalue weighted by Crippen LogP contribution is 2.29. The van der Waals surface area contributed by atoms with E-state index < -0.39 is 9.84 Å². The lowest BCUT2D eigenvalue weighted by molar-refractivity contribution is 0.345. The van der Waals surface area contributed by atoms with E-state index in [-0.39, 0.29) is 12.4 Å². The fourth-order valence-electron chi connectivity index (χ4n) is 1.72. The Morgan fingerprint density at radius 2 is 1.78 bits per heavy atom. The summed E-state index contributed by atoms with van der Waals surface area (Å²) in [6, 6.07) is 11.1. The highest BCUT2D eigenvalue weighted by molar-refractivity contribution is 7.90. The predicted octanol–water partition coefficient (Wildman–Crippen LogP) is 1.85. The molecule has 0 saturated heterocycles. The molecule has 2 aromatic rings. The Hall–Kier alpha value is -1.75. The maximum atomic E-state index is 11.0. The Morgan fingerprint density at radius 3 is 2.44 bits per heavy atom. The van der Waals surface area contributed by atoms with E-state index in [0.717, 1.165) is 10.8 Å². The van der Waals surface area contributed by atoms with Crippen LogP contribution in [0, 0.1) is 0 Å². The van der Waals surface area contributed by atoms with Crippen molar-refractivity contribution < 1.29 is 13.2 Å². The summed E-state index contributed by atoms with van der Waals surface area (Å²) in [6.07, 6.45) is 1.19. The highest BCUT2D eigenvalue weighted by atomic mass is 32.2. The summed E-state index contributed by atoms with van der Waals surface area (Å²) < 4.78 is 27.6. The molecule has 0 spiro atoms. The summed E-state index contributed by atoms with van der Waals surface area (Å²) in [6.45, 7) is 0.146. The van der Waals surface area contributed by atoms with Crippen molar-refractivity contribution in [1.82, 2.24) is 0 Å². The smallest absolute Gasteiger partial charge is 0.150 e. The quantitative estimate of drug-likeness (QED) is 0.856. The Bertz CT molecular complexity index is 665. The van der Waals surface area contributed by atoms with Gasteiger partial charge in [0.1, 0.15) is 12.4 Å². The summed E-state index contributed by atoms with van der Waals surface area (Å²) in [7, 11) is -3.01.